The number of pyridine rings is 1. The molecule has 1 aromatic heterocycles. The van der Waals surface area contributed by atoms with Gasteiger partial charge in [-0.25, -0.2) is 0 Å². The molecule has 1 aliphatic carbocycles. The summed E-state index contributed by atoms with van der Waals surface area (Å²) in [6, 6.07) is 19.9. The van der Waals surface area contributed by atoms with Crippen molar-refractivity contribution in [3.05, 3.63) is 106 Å². The maximum atomic E-state index is 13.3. The Bertz CT molecular complexity index is 1870. The number of ether oxygens (including phenoxy) is 2. The summed E-state index contributed by atoms with van der Waals surface area (Å²) in [5, 5.41) is 37.0. The normalized spacial score (nSPS) is 13.6. The minimum atomic E-state index is -1.04. The van der Waals surface area contributed by atoms with E-state index in [4.69, 9.17) is 19.7 Å². The number of carbonyl (C=O) groups excluding carboxylic acids is 1. The number of nitrogens with one attached hydrogen (secondary N) is 3. The number of hydrogen-bond donors (Lipinski definition) is 6. The summed E-state index contributed by atoms with van der Waals surface area (Å²) in [6.45, 7) is 3.54. The molecule has 0 saturated carbocycles. The van der Waals surface area contributed by atoms with Crippen molar-refractivity contribution in [3.8, 4) is 22.6 Å². The Kier molecular flexibility index (Phi) is 12.3. The number of aliphatic hydroxyl groups excluding tert-OH is 2. The van der Waals surface area contributed by atoms with Crippen LogP contribution < -0.4 is 25.4 Å². The first kappa shape index (κ1) is 36.2. The van der Waals surface area contributed by atoms with Crippen molar-refractivity contribution >= 4 is 29.2 Å². The third-order valence-corrected chi connectivity index (χ3v) is 8.80. The number of carboxylic acid groups (broad SMARTS) is 1. The SMILES string of the molecule is COc1cc(C(=O)Nc2cccc(-c3cccc4c3CC/C4=C\c3ccc(CNC[C@@H](O)CC(=O)O)c(OC)c3)c2C)ncc1CNCCO. The predicted molar refractivity (Wildman–Crippen MR) is 193 cm³/mol. The monoisotopic (exact) mass is 680 g/mol. The molecule has 1 aliphatic rings. The molecule has 0 aliphatic heterocycles. The van der Waals surface area contributed by atoms with Gasteiger partial charge in [-0.1, -0.05) is 48.5 Å². The molecule has 0 saturated heterocycles. The molecule has 3 aromatic carbocycles. The van der Waals surface area contributed by atoms with E-state index in [0.717, 1.165) is 46.2 Å². The predicted octanol–water partition coefficient (Wildman–Crippen LogP) is 4.82. The molecule has 50 heavy (non-hydrogen) atoms. The molecule has 0 fully saturated rings. The second kappa shape index (κ2) is 17.0. The molecule has 0 spiro atoms. The molecule has 11 heteroatoms. The van der Waals surface area contributed by atoms with E-state index in [2.05, 4.69) is 51.3 Å². The summed E-state index contributed by atoms with van der Waals surface area (Å²) in [4.78, 5) is 28.5. The average Bonchev–Trinajstić information content (AvgIpc) is 3.52. The Labute approximate surface area is 292 Å². The third-order valence-electron chi connectivity index (χ3n) is 8.80. The number of allylic oxidation sites excluding steroid dienone is 1. The summed E-state index contributed by atoms with van der Waals surface area (Å²) >= 11 is 0. The largest absolute Gasteiger partial charge is 0.496 e. The van der Waals surface area contributed by atoms with Crippen LogP contribution in [0.2, 0.25) is 0 Å². The van der Waals surface area contributed by atoms with Crippen LogP contribution in [0.4, 0.5) is 5.69 Å². The molecule has 1 heterocycles. The van der Waals surface area contributed by atoms with Crippen molar-refractivity contribution in [2.45, 2.75) is 45.4 Å². The van der Waals surface area contributed by atoms with Gasteiger partial charge in [0.15, 0.2) is 0 Å². The maximum Gasteiger partial charge on any atom is 0.306 e. The molecule has 1 amide bonds. The van der Waals surface area contributed by atoms with Crippen molar-refractivity contribution in [2.75, 3.05) is 39.2 Å². The van der Waals surface area contributed by atoms with Crippen LogP contribution in [0.3, 0.4) is 0 Å². The lowest BCUT2D eigenvalue weighted by atomic mass is 9.92. The van der Waals surface area contributed by atoms with Gasteiger partial charge in [0.2, 0.25) is 0 Å². The fourth-order valence-corrected chi connectivity index (χ4v) is 6.26. The lowest BCUT2D eigenvalue weighted by Gasteiger charge is -2.16. The number of aliphatic carboxylic acids is 1. The van der Waals surface area contributed by atoms with Crippen LogP contribution in [-0.4, -0.2) is 72.2 Å². The van der Waals surface area contributed by atoms with Crippen LogP contribution in [0.5, 0.6) is 11.5 Å². The molecule has 0 radical (unpaired) electrons. The van der Waals surface area contributed by atoms with E-state index in [9.17, 15) is 14.7 Å². The van der Waals surface area contributed by atoms with Crippen LogP contribution in [0.1, 0.15) is 56.7 Å². The molecule has 0 unspecified atom stereocenters. The molecule has 0 bridgehead atoms. The molecule has 6 N–H and O–H groups in total. The summed E-state index contributed by atoms with van der Waals surface area (Å²) in [7, 11) is 3.17. The molecular formula is C39H44N4O7. The van der Waals surface area contributed by atoms with E-state index in [1.54, 1.807) is 26.5 Å². The van der Waals surface area contributed by atoms with Gasteiger partial charge < -0.3 is 40.7 Å². The van der Waals surface area contributed by atoms with Gasteiger partial charge >= 0.3 is 5.97 Å². The average molecular weight is 681 g/mol. The number of fused-ring (bicyclic) bond motifs is 1. The van der Waals surface area contributed by atoms with Gasteiger partial charge in [-0.15, -0.1) is 0 Å². The Hall–Kier alpha value is -5.07. The summed E-state index contributed by atoms with van der Waals surface area (Å²) < 4.78 is 11.2. The first-order valence-corrected chi connectivity index (χ1v) is 16.6. The van der Waals surface area contributed by atoms with Crippen molar-refractivity contribution in [3.63, 3.8) is 0 Å². The van der Waals surface area contributed by atoms with Crippen LogP contribution in [0.15, 0.2) is 66.9 Å². The summed E-state index contributed by atoms with van der Waals surface area (Å²) in [5.41, 5.74) is 10.4. The van der Waals surface area contributed by atoms with E-state index < -0.39 is 12.1 Å². The van der Waals surface area contributed by atoms with Gasteiger partial charge in [0, 0.05) is 55.3 Å². The number of carboxylic acids is 1. The van der Waals surface area contributed by atoms with Gasteiger partial charge in [0.05, 0.1) is 33.4 Å². The molecular weight excluding hydrogens is 636 g/mol. The second-order valence-corrected chi connectivity index (χ2v) is 12.2. The summed E-state index contributed by atoms with van der Waals surface area (Å²) in [6.07, 6.45) is 4.29. The van der Waals surface area contributed by atoms with Crippen molar-refractivity contribution in [2.24, 2.45) is 0 Å². The van der Waals surface area contributed by atoms with Gasteiger partial charge in [-0.3, -0.25) is 14.6 Å². The maximum absolute atomic E-state index is 13.3. The number of nitrogens with zero attached hydrogens (tertiary/aromatic N) is 1. The zero-order valence-corrected chi connectivity index (χ0v) is 28.6. The van der Waals surface area contributed by atoms with Gasteiger partial charge in [0.25, 0.3) is 5.91 Å². The fraction of sp³-hybridized carbons (Fsp3) is 0.308. The Morgan fingerprint density at radius 1 is 0.920 bits per heavy atom. The Morgan fingerprint density at radius 3 is 2.40 bits per heavy atom. The number of carbonyl (C=O) groups is 2. The lowest BCUT2D eigenvalue weighted by molar-refractivity contribution is -0.139. The molecule has 262 valence electrons. The highest BCUT2D eigenvalue weighted by atomic mass is 16.5. The summed E-state index contributed by atoms with van der Waals surface area (Å²) in [5.74, 6) is -0.123. The number of amides is 1. The van der Waals surface area contributed by atoms with Crippen molar-refractivity contribution in [1.29, 1.82) is 0 Å². The number of methoxy groups -OCH3 is 2. The highest BCUT2D eigenvalue weighted by Gasteiger charge is 2.22. The minimum Gasteiger partial charge on any atom is -0.496 e. The minimum absolute atomic E-state index is 0.0242. The Morgan fingerprint density at radius 2 is 1.64 bits per heavy atom. The van der Waals surface area contributed by atoms with E-state index in [1.807, 2.05) is 37.3 Å². The van der Waals surface area contributed by atoms with Gasteiger partial charge in [0.1, 0.15) is 17.2 Å². The third kappa shape index (κ3) is 8.74. The number of rotatable bonds is 16. The number of anilines is 1. The topological polar surface area (TPSA) is 162 Å². The fourth-order valence-electron chi connectivity index (χ4n) is 6.26. The van der Waals surface area contributed by atoms with E-state index in [-0.39, 0.29) is 31.2 Å². The van der Waals surface area contributed by atoms with Crippen LogP contribution in [0, 0.1) is 6.92 Å². The quantitative estimate of drug-likeness (QED) is 0.0905. The van der Waals surface area contributed by atoms with Crippen LogP contribution in [-0.2, 0) is 24.3 Å². The zero-order valence-electron chi connectivity index (χ0n) is 28.6. The van der Waals surface area contributed by atoms with Crippen LogP contribution >= 0.6 is 0 Å². The highest BCUT2D eigenvalue weighted by Crippen LogP contribution is 2.41. The second-order valence-electron chi connectivity index (χ2n) is 12.2. The Balaban J connectivity index is 1.33. The smallest absolute Gasteiger partial charge is 0.306 e. The molecule has 11 nitrogen and oxygen atoms in total. The molecule has 5 rings (SSSR count). The van der Waals surface area contributed by atoms with Crippen molar-refractivity contribution in [1.82, 2.24) is 15.6 Å². The molecule has 1 atom stereocenters. The van der Waals surface area contributed by atoms with E-state index in [1.165, 1.54) is 16.7 Å². The highest BCUT2D eigenvalue weighted by molar-refractivity contribution is 6.04. The lowest BCUT2D eigenvalue weighted by Crippen LogP contribution is -2.28. The first-order valence-electron chi connectivity index (χ1n) is 16.6. The zero-order chi connectivity index (χ0) is 35.6. The van der Waals surface area contributed by atoms with Crippen LogP contribution in [0.25, 0.3) is 22.8 Å². The number of aliphatic hydroxyl groups is 2. The van der Waals surface area contributed by atoms with Gasteiger partial charge in [-0.2, -0.15) is 0 Å². The standard InChI is InChI=1S/C39H44N4O7/c1-24-30(6-5-9-34(24)43-39(48)35-19-37(50-3)28(22-42-35)21-40-14-15-44)32-8-4-7-31-26(12-13-33(31)32)16-25-10-11-27(36(17-25)49-2)20-41-23-29(45)18-38(46)47/h4-11,16-17,19,22,29,40-41,44-45H,12-15,18,20-21,23H2,1-3H3,(H,43,48)(H,46,47)/b26-16+/t29-/m0/s1. The first-order chi connectivity index (χ1) is 24.2. The molecule has 4 aromatic rings. The van der Waals surface area contributed by atoms with Crippen molar-refractivity contribution < 1.29 is 34.4 Å². The number of hydrogen-bond acceptors (Lipinski definition) is 9. The van der Waals surface area contributed by atoms with E-state index in [0.29, 0.717) is 36.8 Å². The van der Waals surface area contributed by atoms with Gasteiger partial charge in [-0.05, 0) is 70.9 Å². The van der Waals surface area contributed by atoms with E-state index >= 15 is 0 Å². The number of aromatic nitrogens is 1. The number of benzene rings is 3.